The highest BCUT2D eigenvalue weighted by Gasteiger charge is 2.36. The zero-order valence-corrected chi connectivity index (χ0v) is 11.4. The molecule has 1 aliphatic rings. The first-order chi connectivity index (χ1) is 8.20. The lowest BCUT2D eigenvalue weighted by Crippen LogP contribution is -2.30. The maximum atomic E-state index is 11.8. The molecule has 0 unspecified atom stereocenters. The third kappa shape index (κ3) is 4.29. The number of aliphatic carboxylic acids is 1. The molecule has 0 aliphatic carbocycles. The van der Waals surface area contributed by atoms with Gasteiger partial charge in [-0.2, -0.15) is 0 Å². The van der Waals surface area contributed by atoms with Gasteiger partial charge >= 0.3 is 5.97 Å². The molecule has 2 atom stereocenters. The zero-order valence-electron chi connectivity index (χ0n) is 10.6. The standard InChI is InChI=1S/C11H19NO5S/c1-8-6-12(7-9(8)11(14)15)10(13)4-3-5-18(2,16)17/h8-9H,3-7H2,1-2H3,(H,14,15)/t8-,9-/m1/s1. The minimum atomic E-state index is -3.04. The minimum Gasteiger partial charge on any atom is -0.481 e. The van der Waals surface area contributed by atoms with Crippen molar-refractivity contribution in [1.29, 1.82) is 0 Å². The van der Waals surface area contributed by atoms with E-state index in [9.17, 15) is 18.0 Å². The van der Waals surface area contributed by atoms with Gasteiger partial charge in [-0.25, -0.2) is 8.42 Å². The van der Waals surface area contributed by atoms with Crippen molar-refractivity contribution >= 4 is 21.7 Å². The molecule has 1 amide bonds. The van der Waals surface area contributed by atoms with E-state index in [1.807, 2.05) is 6.92 Å². The number of rotatable bonds is 5. The molecule has 0 aromatic carbocycles. The van der Waals surface area contributed by atoms with E-state index in [0.29, 0.717) is 13.0 Å². The van der Waals surface area contributed by atoms with Crippen LogP contribution < -0.4 is 0 Å². The zero-order chi connectivity index (χ0) is 13.9. The maximum absolute atomic E-state index is 11.8. The molecule has 0 aromatic rings. The van der Waals surface area contributed by atoms with Crippen LogP contribution in [-0.2, 0) is 19.4 Å². The van der Waals surface area contributed by atoms with Crippen molar-refractivity contribution in [1.82, 2.24) is 4.90 Å². The molecular formula is C11H19NO5S. The smallest absolute Gasteiger partial charge is 0.308 e. The SMILES string of the molecule is C[C@@H]1CN(C(=O)CCCS(C)(=O)=O)C[C@H]1C(=O)O. The summed E-state index contributed by atoms with van der Waals surface area (Å²) in [4.78, 5) is 24.2. The Balaban J connectivity index is 2.43. The molecule has 0 saturated carbocycles. The van der Waals surface area contributed by atoms with Crippen LogP contribution in [0, 0.1) is 11.8 Å². The normalized spacial score (nSPS) is 24.2. The summed E-state index contributed by atoms with van der Waals surface area (Å²) in [6.07, 6.45) is 1.59. The lowest BCUT2D eigenvalue weighted by Gasteiger charge is -2.15. The quantitative estimate of drug-likeness (QED) is 0.763. The van der Waals surface area contributed by atoms with Gasteiger partial charge < -0.3 is 10.0 Å². The predicted molar refractivity (Wildman–Crippen MR) is 65.8 cm³/mol. The summed E-state index contributed by atoms with van der Waals surface area (Å²) in [5.74, 6) is -1.61. The van der Waals surface area contributed by atoms with Gasteiger partial charge in [0, 0.05) is 25.8 Å². The Kier molecular flexibility index (Phi) is 4.72. The van der Waals surface area contributed by atoms with E-state index in [4.69, 9.17) is 5.11 Å². The molecule has 1 fully saturated rings. The summed E-state index contributed by atoms with van der Waals surface area (Å²) in [6.45, 7) is 2.48. The predicted octanol–water partition coefficient (Wildman–Crippen LogP) is -0.00970. The number of carboxylic acids is 1. The van der Waals surface area contributed by atoms with E-state index in [2.05, 4.69) is 0 Å². The van der Waals surface area contributed by atoms with Crippen LogP contribution in [0.1, 0.15) is 19.8 Å². The highest BCUT2D eigenvalue weighted by Crippen LogP contribution is 2.23. The Hall–Kier alpha value is -1.11. The molecule has 6 nitrogen and oxygen atoms in total. The van der Waals surface area contributed by atoms with E-state index in [0.717, 1.165) is 6.26 Å². The first-order valence-electron chi connectivity index (χ1n) is 5.89. The Morgan fingerprint density at radius 1 is 1.33 bits per heavy atom. The summed E-state index contributed by atoms with van der Waals surface area (Å²) >= 11 is 0. The largest absolute Gasteiger partial charge is 0.481 e. The molecule has 0 bridgehead atoms. The van der Waals surface area contributed by atoms with Gasteiger partial charge in [0.1, 0.15) is 9.84 Å². The topological polar surface area (TPSA) is 91.8 Å². The van der Waals surface area contributed by atoms with Gasteiger partial charge in [0.15, 0.2) is 0 Å². The van der Waals surface area contributed by atoms with Gasteiger partial charge in [0.25, 0.3) is 0 Å². The van der Waals surface area contributed by atoms with Crippen molar-refractivity contribution in [3.8, 4) is 0 Å². The Morgan fingerprint density at radius 2 is 1.94 bits per heavy atom. The second-order valence-corrected chi connectivity index (χ2v) is 7.21. The van der Waals surface area contributed by atoms with E-state index in [1.54, 1.807) is 0 Å². The summed E-state index contributed by atoms with van der Waals surface area (Å²) < 4.78 is 21.8. The van der Waals surface area contributed by atoms with Crippen LogP contribution in [-0.4, -0.2) is 55.4 Å². The molecule has 0 aromatic heterocycles. The van der Waals surface area contributed by atoms with E-state index in [1.165, 1.54) is 4.90 Å². The monoisotopic (exact) mass is 277 g/mol. The molecule has 0 spiro atoms. The van der Waals surface area contributed by atoms with Crippen molar-refractivity contribution in [2.24, 2.45) is 11.8 Å². The fourth-order valence-corrected chi connectivity index (χ4v) is 2.80. The van der Waals surface area contributed by atoms with Gasteiger partial charge in [0.05, 0.1) is 11.7 Å². The maximum Gasteiger partial charge on any atom is 0.308 e. The molecular weight excluding hydrogens is 258 g/mol. The third-order valence-electron chi connectivity index (χ3n) is 3.19. The lowest BCUT2D eigenvalue weighted by atomic mass is 9.99. The summed E-state index contributed by atoms with van der Waals surface area (Å²) in [5.41, 5.74) is 0. The number of carboxylic acid groups (broad SMARTS) is 1. The third-order valence-corrected chi connectivity index (χ3v) is 4.22. The molecule has 1 N–H and O–H groups in total. The number of sulfone groups is 1. The van der Waals surface area contributed by atoms with Crippen LogP contribution in [0.2, 0.25) is 0 Å². The number of carbonyl (C=O) groups is 2. The Bertz CT molecular complexity index is 431. The van der Waals surface area contributed by atoms with E-state index in [-0.39, 0.29) is 30.5 Å². The summed E-state index contributed by atoms with van der Waals surface area (Å²) in [5, 5.41) is 8.95. The van der Waals surface area contributed by atoms with E-state index >= 15 is 0 Å². The van der Waals surface area contributed by atoms with Crippen molar-refractivity contribution in [3.63, 3.8) is 0 Å². The average Bonchev–Trinajstić information content (AvgIpc) is 2.58. The van der Waals surface area contributed by atoms with E-state index < -0.39 is 21.7 Å². The molecule has 18 heavy (non-hydrogen) atoms. The Labute approximate surface area is 107 Å². The van der Waals surface area contributed by atoms with Crippen LogP contribution in [0.4, 0.5) is 0 Å². The minimum absolute atomic E-state index is 0.00943. The van der Waals surface area contributed by atoms with Gasteiger partial charge in [-0.05, 0) is 12.3 Å². The van der Waals surface area contributed by atoms with Crippen LogP contribution in [0.5, 0.6) is 0 Å². The lowest BCUT2D eigenvalue weighted by molar-refractivity contribution is -0.142. The first-order valence-corrected chi connectivity index (χ1v) is 7.95. The average molecular weight is 277 g/mol. The fourth-order valence-electron chi connectivity index (χ4n) is 2.14. The van der Waals surface area contributed by atoms with Crippen LogP contribution in [0.3, 0.4) is 0 Å². The van der Waals surface area contributed by atoms with Gasteiger partial charge in [-0.1, -0.05) is 6.92 Å². The van der Waals surface area contributed by atoms with Gasteiger partial charge in [-0.15, -0.1) is 0 Å². The number of hydrogen-bond acceptors (Lipinski definition) is 4. The number of likely N-dealkylation sites (tertiary alicyclic amines) is 1. The van der Waals surface area contributed by atoms with Crippen molar-refractivity contribution < 1.29 is 23.1 Å². The van der Waals surface area contributed by atoms with Crippen molar-refractivity contribution in [3.05, 3.63) is 0 Å². The highest BCUT2D eigenvalue weighted by atomic mass is 32.2. The molecule has 1 heterocycles. The molecule has 1 rings (SSSR count). The molecule has 7 heteroatoms. The van der Waals surface area contributed by atoms with Crippen LogP contribution >= 0.6 is 0 Å². The van der Waals surface area contributed by atoms with Crippen LogP contribution in [0.15, 0.2) is 0 Å². The van der Waals surface area contributed by atoms with Crippen molar-refractivity contribution in [2.45, 2.75) is 19.8 Å². The molecule has 104 valence electrons. The van der Waals surface area contributed by atoms with Gasteiger partial charge in [-0.3, -0.25) is 9.59 Å². The fraction of sp³-hybridized carbons (Fsp3) is 0.818. The Morgan fingerprint density at radius 3 is 2.39 bits per heavy atom. The molecule has 0 radical (unpaired) electrons. The molecule has 1 aliphatic heterocycles. The summed E-state index contributed by atoms with van der Waals surface area (Å²) in [6, 6.07) is 0. The second kappa shape index (κ2) is 5.69. The number of hydrogen-bond donors (Lipinski definition) is 1. The first kappa shape index (κ1) is 14.9. The van der Waals surface area contributed by atoms with Crippen LogP contribution in [0.25, 0.3) is 0 Å². The van der Waals surface area contributed by atoms with Gasteiger partial charge in [0.2, 0.25) is 5.91 Å². The highest BCUT2D eigenvalue weighted by molar-refractivity contribution is 7.90. The summed E-state index contributed by atoms with van der Waals surface area (Å²) in [7, 11) is -3.04. The number of carbonyl (C=O) groups excluding carboxylic acids is 1. The molecule has 1 saturated heterocycles. The second-order valence-electron chi connectivity index (χ2n) is 4.95. The number of amides is 1. The number of nitrogens with zero attached hydrogens (tertiary/aromatic N) is 1. The van der Waals surface area contributed by atoms with Crippen molar-refractivity contribution in [2.75, 3.05) is 25.1 Å².